The summed E-state index contributed by atoms with van der Waals surface area (Å²) in [5.74, 6) is -0.00993. The highest BCUT2D eigenvalue weighted by Gasteiger charge is 2.08. The number of benzene rings is 1. The average Bonchev–Trinajstić information content (AvgIpc) is 2.43. The second-order valence-corrected chi connectivity index (χ2v) is 4.08. The fraction of sp³-hybridized carbons (Fsp3) is 0.385. The smallest absolute Gasteiger partial charge is 0.258 e. The Balaban J connectivity index is 0.00000361. The van der Waals surface area contributed by atoms with Gasteiger partial charge in [-0.25, -0.2) is 0 Å². The molecule has 2 amide bonds. The third-order valence-corrected chi connectivity index (χ3v) is 2.32. The standard InChI is InChI=1S/C13H19N3O3.ClH/c1-10(7-14)16-12(17)8-15-13(18)9-19-11-5-3-2-4-6-11;/h2-6,10H,7-9,14H2,1H3,(H,15,18)(H,16,17);1H/t10-;/m0./s1. The normalized spacial score (nSPS) is 10.9. The SMILES string of the molecule is C[C@@H](CN)NC(=O)CNC(=O)COc1ccccc1.Cl. The molecule has 112 valence electrons. The van der Waals surface area contributed by atoms with Gasteiger partial charge in [0.1, 0.15) is 5.75 Å². The first-order valence-corrected chi connectivity index (χ1v) is 6.05. The summed E-state index contributed by atoms with van der Waals surface area (Å²) in [6.07, 6.45) is 0. The molecule has 0 saturated heterocycles. The zero-order valence-electron chi connectivity index (χ0n) is 11.3. The van der Waals surface area contributed by atoms with E-state index in [1.54, 1.807) is 19.1 Å². The highest BCUT2D eigenvalue weighted by Crippen LogP contribution is 2.07. The van der Waals surface area contributed by atoms with Gasteiger partial charge in [0, 0.05) is 12.6 Å². The van der Waals surface area contributed by atoms with E-state index in [1.165, 1.54) is 0 Å². The Hall–Kier alpha value is -1.79. The third-order valence-electron chi connectivity index (χ3n) is 2.32. The number of para-hydroxylation sites is 1. The molecule has 4 N–H and O–H groups in total. The first-order valence-electron chi connectivity index (χ1n) is 6.05. The van der Waals surface area contributed by atoms with Crippen molar-refractivity contribution in [3.05, 3.63) is 30.3 Å². The molecule has 0 unspecified atom stereocenters. The van der Waals surface area contributed by atoms with E-state index in [2.05, 4.69) is 10.6 Å². The Morgan fingerprint density at radius 3 is 2.50 bits per heavy atom. The number of nitrogens with one attached hydrogen (secondary N) is 2. The highest BCUT2D eigenvalue weighted by atomic mass is 35.5. The van der Waals surface area contributed by atoms with Gasteiger partial charge < -0.3 is 21.1 Å². The summed E-state index contributed by atoms with van der Waals surface area (Å²) in [6, 6.07) is 8.89. The van der Waals surface area contributed by atoms with Crippen molar-refractivity contribution >= 4 is 24.2 Å². The van der Waals surface area contributed by atoms with Crippen LogP contribution in [0.2, 0.25) is 0 Å². The molecular formula is C13H20ClN3O3. The first kappa shape index (κ1) is 18.2. The van der Waals surface area contributed by atoms with Crippen molar-refractivity contribution < 1.29 is 14.3 Å². The molecule has 1 rings (SSSR count). The molecule has 0 radical (unpaired) electrons. The van der Waals surface area contributed by atoms with E-state index in [9.17, 15) is 9.59 Å². The van der Waals surface area contributed by atoms with E-state index >= 15 is 0 Å². The molecule has 0 bridgehead atoms. The molecule has 6 nitrogen and oxygen atoms in total. The van der Waals surface area contributed by atoms with Crippen molar-refractivity contribution in [3.63, 3.8) is 0 Å². The Morgan fingerprint density at radius 2 is 1.90 bits per heavy atom. The van der Waals surface area contributed by atoms with Crippen LogP contribution < -0.4 is 21.1 Å². The fourth-order valence-electron chi connectivity index (χ4n) is 1.28. The van der Waals surface area contributed by atoms with Gasteiger partial charge in [0.25, 0.3) is 5.91 Å². The lowest BCUT2D eigenvalue weighted by Crippen LogP contribution is -2.44. The van der Waals surface area contributed by atoms with Crippen molar-refractivity contribution in [2.45, 2.75) is 13.0 Å². The number of nitrogens with two attached hydrogens (primary N) is 1. The largest absolute Gasteiger partial charge is 0.484 e. The van der Waals surface area contributed by atoms with E-state index in [0.717, 1.165) is 0 Å². The highest BCUT2D eigenvalue weighted by molar-refractivity contribution is 5.85. The molecule has 0 heterocycles. The van der Waals surface area contributed by atoms with Gasteiger partial charge in [-0.2, -0.15) is 0 Å². The van der Waals surface area contributed by atoms with Crippen LogP contribution in [0.4, 0.5) is 0 Å². The maximum Gasteiger partial charge on any atom is 0.258 e. The fourth-order valence-corrected chi connectivity index (χ4v) is 1.28. The Labute approximate surface area is 124 Å². The van der Waals surface area contributed by atoms with E-state index < -0.39 is 0 Å². The number of rotatable bonds is 7. The molecule has 7 heteroatoms. The van der Waals surface area contributed by atoms with E-state index in [1.807, 2.05) is 18.2 Å². The molecule has 0 aromatic heterocycles. The summed E-state index contributed by atoms with van der Waals surface area (Å²) >= 11 is 0. The minimum atomic E-state index is -0.348. The van der Waals surface area contributed by atoms with Crippen LogP contribution in [0.25, 0.3) is 0 Å². The Kier molecular flexibility index (Phi) is 9.15. The second-order valence-electron chi connectivity index (χ2n) is 4.08. The van der Waals surface area contributed by atoms with Gasteiger partial charge in [-0.15, -0.1) is 12.4 Å². The molecule has 1 aromatic rings. The van der Waals surface area contributed by atoms with E-state index in [-0.39, 0.29) is 43.4 Å². The van der Waals surface area contributed by atoms with Crippen LogP contribution in [0.5, 0.6) is 5.75 Å². The van der Waals surface area contributed by atoms with Gasteiger partial charge in [0.2, 0.25) is 5.91 Å². The average molecular weight is 302 g/mol. The number of halogens is 1. The van der Waals surface area contributed by atoms with Crippen molar-refractivity contribution in [1.29, 1.82) is 0 Å². The summed E-state index contributed by atoms with van der Waals surface area (Å²) in [7, 11) is 0. The number of amides is 2. The van der Waals surface area contributed by atoms with Crippen molar-refractivity contribution in [2.75, 3.05) is 19.7 Å². The van der Waals surface area contributed by atoms with Gasteiger partial charge in [-0.05, 0) is 19.1 Å². The number of carbonyl (C=O) groups excluding carboxylic acids is 2. The monoisotopic (exact) mass is 301 g/mol. The molecule has 0 aliphatic rings. The summed E-state index contributed by atoms with van der Waals surface area (Å²) in [5, 5.41) is 5.10. The van der Waals surface area contributed by atoms with Crippen LogP contribution in [0.3, 0.4) is 0 Å². The predicted molar refractivity (Wildman–Crippen MR) is 78.9 cm³/mol. The lowest BCUT2D eigenvalue weighted by Gasteiger charge is -2.12. The quantitative estimate of drug-likeness (QED) is 0.664. The summed E-state index contributed by atoms with van der Waals surface area (Å²) in [6.45, 7) is 1.94. The summed E-state index contributed by atoms with van der Waals surface area (Å²) in [5.41, 5.74) is 5.37. The van der Waals surface area contributed by atoms with E-state index in [0.29, 0.717) is 12.3 Å². The minimum absolute atomic E-state index is 0. The van der Waals surface area contributed by atoms with Crippen LogP contribution in [-0.4, -0.2) is 37.6 Å². The molecule has 0 aliphatic carbocycles. The molecule has 0 saturated carbocycles. The Morgan fingerprint density at radius 1 is 1.25 bits per heavy atom. The lowest BCUT2D eigenvalue weighted by atomic mass is 10.3. The zero-order valence-corrected chi connectivity index (χ0v) is 12.1. The van der Waals surface area contributed by atoms with Crippen LogP contribution in [-0.2, 0) is 9.59 Å². The molecule has 1 aromatic carbocycles. The summed E-state index contributed by atoms with van der Waals surface area (Å²) in [4.78, 5) is 22.8. The number of hydrogen-bond acceptors (Lipinski definition) is 4. The van der Waals surface area contributed by atoms with Crippen molar-refractivity contribution in [3.8, 4) is 5.75 Å². The molecule has 0 spiro atoms. The van der Waals surface area contributed by atoms with Gasteiger partial charge in [0.15, 0.2) is 6.61 Å². The van der Waals surface area contributed by atoms with Gasteiger partial charge >= 0.3 is 0 Å². The molecule has 1 atom stereocenters. The molecule has 0 fully saturated rings. The minimum Gasteiger partial charge on any atom is -0.484 e. The van der Waals surface area contributed by atoms with Crippen molar-refractivity contribution in [2.24, 2.45) is 5.73 Å². The number of carbonyl (C=O) groups is 2. The Bertz CT molecular complexity index is 415. The topological polar surface area (TPSA) is 93.5 Å². The number of ether oxygens (including phenoxy) is 1. The van der Waals surface area contributed by atoms with Crippen LogP contribution >= 0.6 is 12.4 Å². The summed E-state index contributed by atoms with van der Waals surface area (Å²) < 4.78 is 5.24. The van der Waals surface area contributed by atoms with Crippen molar-refractivity contribution in [1.82, 2.24) is 10.6 Å². The van der Waals surface area contributed by atoms with Gasteiger partial charge in [-0.1, -0.05) is 18.2 Å². The number of hydrogen-bond donors (Lipinski definition) is 3. The maximum atomic E-state index is 11.4. The predicted octanol–water partition coefficient (Wildman–Crippen LogP) is 0.0668. The maximum absolute atomic E-state index is 11.4. The third kappa shape index (κ3) is 7.60. The second kappa shape index (κ2) is 10.1. The zero-order chi connectivity index (χ0) is 14.1. The van der Waals surface area contributed by atoms with E-state index in [4.69, 9.17) is 10.5 Å². The molecule has 0 aliphatic heterocycles. The molecule has 20 heavy (non-hydrogen) atoms. The van der Waals surface area contributed by atoms with Crippen LogP contribution in [0.15, 0.2) is 30.3 Å². The first-order chi connectivity index (χ1) is 9.11. The van der Waals surface area contributed by atoms with Gasteiger partial charge in [0.05, 0.1) is 6.54 Å². The lowest BCUT2D eigenvalue weighted by molar-refractivity contribution is -0.127. The van der Waals surface area contributed by atoms with Crippen LogP contribution in [0, 0.1) is 0 Å². The van der Waals surface area contributed by atoms with Crippen LogP contribution in [0.1, 0.15) is 6.92 Å². The molecular weight excluding hydrogens is 282 g/mol. The van der Waals surface area contributed by atoms with Gasteiger partial charge in [-0.3, -0.25) is 9.59 Å².